The quantitative estimate of drug-likeness (QED) is 0.846. The molecule has 116 valence electrons. The van der Waals surface area contributed by atoms with Crippen LogP contribution in [0.25, 0.3) is 0 Å². The highest BCUT2D eigenvalue weighted by Gasteiger charge is 2.44. The van der Waals surface area contributed by atoms with Crippen LogP contribution in [-0.2, 0) is 4.79 Å². The maximum atomic E-state index is 12.8. The lowest BCUT2D eigenvalue weighted by atomic mass is 9.94. The van der Waals surface area contributed by atoms with E-state index in [1.54, 1.807) is 6.92 Å². The fraction of sp³-hybridized carbons (Fsp3) is 0.929. The molecule has 0 aliphatic heterocycles. The Morgan fingerprint density at radius 3 is 2.45 bits per heavy atom. The molecule has 2 aliphatic carbocycles. The average Bonchev–Trinajstić information content (AvgIpc) is 3.11. The number of halogens is 3. The Kier molecular flexibility index (Phi) is 4.62. The van der Waals surface area contributed by atoms with Gasteiger partial charge in [-0.15, -0.1) is 0 Å². The summed E-state index contributed by atoms with van der Waals surface area (Å²) in [5.41, 5.74) is 5.64. The molecule has 0 heterocycles. The minimum atomic E-state index is -4.34. The Balaban J connectivity index is 2.10. The molecule has 0 spiro atoms. The van der Waals surface area contributed by atoms with E-state index in [0.29, 0.717) is 13.0 Å². The van der Waals surface area contributed by atoms with Crippen molar-refractivity contribution in [1.82, 2.24) is 4.90 Å². The lowest BCUT2D eigenvalue weighted by Crippen LogP contribution is -2.49. The molecule has 2 rings (SSSR count). The van der Waals surface area contributed by atoms with E-state index in [1.807, 2.05) is 0 Å². The van der Waals surface area contributed by atoms with Gasteiger partial charge in [0.25, 0.3) is 0 Å². The molecule has 2 aliphatic rings. The molecule has 6 heteroatoms. The first-order valence-electron chi connectivity index (χ1n) is 7.40. The van der Waals surface area contributed by atoms with Crippen LogP contribution in [0.1, 0.15) is 39.0 Å². The lowest BCUT2D eigenvalue weighted by molar-refractivity contribution is -0.169. The Hall–Kier alpha value is -0.780. The van der Waals surface area contributed by atoms with Gasteiger partial charge in [0.2, 0.25) is 5.91 Å². The van der Waals surface area contributed by atoms with E-state index in [1.165, 1.54) is 0 Å². The van der Waals surface area contributed by atoms with Gasteiger partial charge in [-0.2, -0.15) is 13.2 Å². The van der Waals surface area contributed by atoms with Crippen LogP contribution in [0.3, 0.4) is 0 Å². The van der Waals surface area contributed by atoms with Crippen LogP contribution in [0.2, 0.25) is 0 Å². The van der Waals surface area contributed by atoms with E-state index in [-0.39, 0.29) is 29.7 Å². The zero-order valence-electron chi connectivity index (χ0n) is 11.8. The lowest BCUT2D eigenvalue weighted by Gasteiger charge is -2.33. The van der Waals surface area contributed by atoms with Crippen molar-refractivity contribution in [3.63, 3.8) is 0 Å². The number of alkyl halides is 3. The van der Waals surface area contributed by atoms with Gasteiger partial charge >= 0.3 is 6.18 Å². The van der Waals surface area contributed by atoms with Gasteiger partial charge in [-0.25, -0.2) is 0 Å². The van der Waals surface area contributed by atoms with Crippen LogP contribution >= 0.6 is 0 Å². The third-order valence-corrected chi connectivity index (χ3v) is 4.71. The molecule has 20 heavy (non-hydrogen) atoms. The van der Waals surface area contributed by atoms with Crippen LogP contribution in [0.15, 0.2) is 0 Å². The molecule has 3 atom stereocenters. The number of carbonyl (C=O) groups is 1. The third kappa shape index (κ3) is 3.65. The molecule has 3 unspecified atom stereocenters. The molecule has 2 N–H and O–H groups in total. The SMILES string of the molecule is CC(C1CC1)N(CC(F)(F)F)C(=O)C1CCCC1CN. The number of hydrogen-bond acceptors (Lipinski definition) is 2. The summed E-state index contributed by atoms with van der Waals surface area (Å²) in [5, 5.41) is 0. The zero-order valence-corrected chi connectivity index (χ0v) is 11.8. The molecule has 0 bridgehead atoms. The molecule has 0 aromatic heterocycles. The zero-order chi connectivity index (χ0) is 14.9. The van der Waals surface area contributed by atoms with Crippen LogP contribution in [0.4, 0.5) is 13.2 Å². The molecule has 0 aromatic rings. The molecule has 1 amide bonds. The van der Waals surface area contributed by atoms with Gasteiger partial charge in [0.05, 0.1) is 0 Å². The Bertz CT molecular complexity index is 355. The first-order valence-corrected chi connectivity index (χ1v) is 7.40. The number of carbonyl (C=O) groups excluding carboxylic acids is 1. The van der Waals surface area contributed by atoms with Crippen LogP contribution in [-0.4, -0.2) is 36.1 Å². The van der Waals surface area contributed by atoms with Gasteiger partial charge in [0, 0.05) is 12.0 Å². The predicted molar refractivity (Wildman–Crippen MR) is 69.8 cm³/mol. The molecule has 3 nitrogen and oxygen atoms in total. The highest BCUT2D eigenvalue weighted by atomic mass is 19.4. The molecular weight excluding hydrogens is 269 g/mol. The van der Waals surface area contributed by atoms with E-state index < -0.39 is 12.7 Å². The highest BCUT2D eigenvalue weighted by Crippen LogP contribution is 2.39. The Morgan fingerprint density at radius 1 is 1.30 bits per heavy atom. The molecule has 2 fully saturated rings. The van der Waals surface area contributed by atoms with Crippen LogP contribution in [0, 0.1) is 17.8 Å². The highest BCUT2D eigenvalue weighted by molar-refractivity contribution is 5.80. The van der Waals surface area contributed by atoms with Crippen molar-refractivity contribution in [3.05, 3.63) is 0 Å². The van der Waals surface area contributed by atoms with E-state index in [4.69, 9.17) is 5.73 Å². The maximum Gasteiger partial charge on any atom is 0.406 e. The summed E-state index contributed by atoms with van der Waals surface area (Å²) in [6.45, 7) is 0.999. The fourth-order valence-electron chi connectivity index (χ4n) is 3.31. The summed E-state index contributed by atoms with van der Waals surface area (Å²) in [4.78, 5) is 13.6. The van der Waals surface area contributed by atoms with Gasteiger partial charge in [-0.3, -0.25) is 4.79 Å². The topological polar surface area (TPSA) is 46.3 Å². The van der Waals surface area contributed by atoms with E-state index in [0.717, 1.165) is 30.6 Å². The monoisotopic (exact) mass is 292 g/mol. The normalized spacial score (nSPS) is 28.4. The van der Waals surface area contributed by atoms with Crippen molar-refractivity contribution >= 4 is 5.91 Å². The van der Waals surface area contributed by atoms with E-state index >= 15 is 0 Å². The number of nitrogens with two attached hydrogens (primary N) is 1. The first kappa shape index (κ1) is 15.6. The fourth-order valence-corrected chi connectivity index (χ4v) is 3.31. The second-order valence-electron chi connectivity index (χ2n) is 6.19. The summed E-state index contributed by atoms with van der Waals surface area (Å²) in [6.07, 6.45) is -0.0792. The minimum Gasteiger partial charge on any atom is -0.330 e. The van der Waals surface area contributed by atoms with Crippen molar-refractivity contribution < 1.29 is 18.0 Å². The largest absolute Gasteiger partial charge is 0.406 e. The summed E-state index contributed by atoms with van der Waals surface area (Å²) in [5.74, 6) is -0.373. The van der Waals surface area contributed by atoms with Crippen molar-refractivity contribution in [2.45, 2.75) is 51.2 Å². The van der Waals surface area contributed by atoms with Gasteiger partial charge in [-0.05, 0) is 51.0 Å². The third-order valence-electron chi connectivity index (χ3n) is 4.71. The summed E-state index contributed by atoms with van der Waals surface area (Å²) >= 11 is 0. The number of nitrogens with zero attached hydrogens (tertiary/aromatic N) is 1. The Labute approximate surface area is 117 Å². The molecular formula is C14H23F3N2O. The summed E-state index contributed by atoms with van der Waals surface area (Å²) < 4.78 is 38.3. The summed E-state index contributed by atoms with van der Waals surface area (Å²) in [6, 6.07) is -0.317. The van der Waals surface area contributed by atoms with Crippen LogP contribution < -0.4 is 5.73 Å². The molecule has 0 radical (unpaired) electrons. The van der Waals surface area contributed by atoms with Crippen molar-refractivity contribution in [3.8, 4) is 0 Å². The van der Waals surface area contributed by atoms with Gasteiger partial charge in [0.1, 0.15) is 6.54 Å². The molecule has 2 saturated carbocycles. The second kappa shape index (κ2) is 5.92. The summed E-state index contributed by atoms with van der Waals surface area (Å²) in [7, 11) is 0. The predicted octanol–water partition coefficient (Wildman–Crippen LogP) is 2.55. The van der Waals surface area contributed by atoms with Crippen molar-refractivity contribution in [2.75, 3.05) is 13.1 Å². The standard InChI is InChI=1S/C14H23F3N2O/c1-9(10-5-6-10)19(8-14(15,16)17)13(20)12-4-2-3-11(12)7-18/h9-12H,2-8,18H2,1H3. The maximum absolute atomic E-state index is 12.8. The molecule has 0 aromatic carbocycles. The van der Waals surface area contributed by atoms with Crippen LogP contribution in [0.5, 0.6) is 0 Å². The Morgan fingerprint density at radius 2 is 1.95 bits per heavy atom. The van der Waals surface area contributed by atoms with Gasteiger partial charge in [0.15, 0.2) is 0 Å². The second-order valence-corrected chi connectivity index (χ2v) is 6.19. The van der Waals surface area contributed by atoms with E-state index in [9.17, 15) is 18.0 Å². The van der Waals surface area contributed by atoms with Gasteiger partial charge in [-0.1, -0.05) is 6.42 Å². The first-order chi connectivity index (χ1) is 9.33. The number of rotatable bonds is 5. The van der Waals surface area contributed by atoms with Crippen molar-refractivity contribution in [2.24, 2.45) is 23.5 Å². The number of hydrogen-bond donors (Lipinski definition) is 1. The van der Waals surface area contributed by atoms with Crippen molar-refractivity contribution in [1.29, 1.82) is 0 Å². The minimum absolute atomic E-state index is 0.0460. The molecule has 0 saturated heterocycles. The number of amides is 1. The van der Waals surface area contributed by atoms with E-state index in [2.05, 4.69) is 0 Å². The van der Waals surface area contributed by atoms with Gasteiger partial charge < -0.3 is 10.6 Å². The smallest absolute Gasteiger partial charge is 0.330 e. The average molecular weight is 292 g/mol.